The Bertz CT molecular complexity index is 543. The predicted molar refractivity (Wildman–Crippen MR) is 55.0 cm³/mol. The summed E-state index contributed by atoms with van der Waals surface area (Å²) in [7, 11) is -4.87. The number of benzene rings is 1. The highest BCUT2D eigenvalue weighted by atomic mass is 32.3. The fourth-order valence-corrected chi connectivity index (χ4v) is 1.82. The van der Waals surface area contributed by atoms with Gasteiger partial charge in [-0.05, 0) is 23.3 Å². The van der Waals surface area contributed by atoms with E-state index in [0.717, 1.165) is 24.3 Å². The lowest BCUT2D eigenvalue weighted by atomic mass is 10.1. The number of hydrogen-bond acceptors (Lipinski definition) is 2. The van der Waals surface area contributed by atoms with Gasteiger partial charge in [-0.2, -0.15) is 17.2 Å². The van der Waals surface area contributed by atoms with Crippen molar-refractivity contribution >= 4 is 22.4 Å². The summed E-state index contributed by atoms with van der Waals surface area (Å²) in [6.07, 6.45) is -0.299. The summed E-state index contributed by atoms with van der Waals surface area (Å²) < 4.78 is 57.9. The quantitative estimate of drug-likeness (QED) is 0.769. The highest BCUT2D eigenvalue weighted by Crippen LogP contribution is 2.22. The Hall–Kier alpha value is -1.56. The average Bonchev–Trinajstić information content (AvgIpc) is 2.14. The third-order valence-electron chi connectivity index (χ3n) is 1.79. The molecule has 6 heteroatoms. The van der Waals surface area contributed by atoms with E-state index in [9.17, 15) is 21.1 Å². The van der Waals surface area contributed by atoms with E-state index in [0.29, 0.717) is 6.08 Å². The number of halogens is 3. The molecule has 0 fully saturated rings. The molecule has 1 aromatic carbocycles. The molecule has 0 aromatic heterocycles. The molecule has 0 N–H and O–H groups in total. The highest BCUT2D eigenvalue weighted by Gasteiger charge is 2.15. The van der Waals surface area contributed by atoms with Gasteiger partial charge in [0, 0.05) is 6.08 Å². The van der Waals surface area contributed by atoms with Gasteiger partial charge >= 0.3 is 10.2 Å². The molecule has 0 amide bonds. The van der Waals surface area contributed by atoms with Crippen molar-refractivity contribution in [3.8, 4) is 0 Å². The molecule has 0 unspecified atom stereocenters. The zero-order valence-electron chi connectivity index (χ0n) is 7.95. The first-order valence-electron chi connectivity index (χ1n) is 4.08. The van der Waals surface area contributed by atoms with Crippen molar-refractivity contribution in [2.24, 2.45) is 0 Å². The Morgan fingerprint density at radius 2 is 1.94 bits per heavy atom. The molecule has 0 aliphatic heterocycles. The van der Waals surface area contributed by atoms with Crippen LogP contribution in [0.15, 0.2) is 35.8 Å². The lowest BCUT2D eigenvalue weighted by Crippen LogP contribution is -1.95. The topological polar surface area (TPSA) is 34.1 Å². The van der Waals surface area contributed by atoms with E-state index >= 15 is 0 Å². The van der Waals surface area contributed by atoms with Gasteiger partial charge in [-0.25, -0.2) is 0 Å². The molecular formula is C10H7F3O2S. The molecule has 0 aliphatic rings. The van der Waals surface area contributed by atoms with Crippen molar-refractivity contribution in [1.82, 2.24) is 0 Å². The predicted octanol–water partition coefficient (Wildman–Crippen LogP) is 3.23. The minimum Gasteiger partial charge on any atom is -0.189 e. The van der Waals surface area contributed by atoms with Crippen molar-refractivity contribution in [3.05, 3.63) is 42.0 Å². The van der Waals surface area contributed by atoms with E-state index in [1.165, 1.54) is 0 Å². The molecule has 0 bridgehead atoms. The monoisotopic (exact) mass is 248 g/mol. The van der Waals surface area contributed by atoms with Crippen molar-refractivity contribution in [2.45, 2.75) is 4.90 Å². The maximum atomic E-state index is 12.7. The summed E-state index contributed by atoms with van der Waals surface area (Å²) in [6, 6.07) is 3.11. The average molecular weight is 248 g/mol. The molecule has 0 radical (unpaired) electrons. The number of rotatable bonds is 3. The standard InChI is InChI=1S/C10H7F3O2S/c1-2-8-5-7(6-10(11)12)3-4-9(8)16(13,14)15/h2-6H,1H2. The van der Waals surface area contributed by atoms with E-state index in [4.69, 9.17) is 0 Å². The van der Waals surface area contributed by atoms with Crippen molar-refractivity contribution in [3.63, 3.8) is 0 Å². The summed E-state index contributed by atoms with van der Waals surface area (Å²) in [4.78, 5) is -0.584. The normalized spacial score (nSPS) is 10.9. The summed E-state index contributed by atoms with van der Waals surface area (Å²) in [5, 5.41) is 0. The summed E-state index contributed by atoms with van der Waals surface area (Å²) in [6.45, 7) is 3.29. The zero-order chi connectivity index (χ0) is 12.3. The van der Waals surface area contributed by atoms with Crippen LogP contribution in [-0.2, 0) is 10.2 Å². The molecule has 0 saturated heterocycles. The van der Waals surface area contributed by atoms with Gasteiger partial charge in [-0.3, -0.25) is 0 Å². The molecule has 0 saturated carbocycles. The summed E-state index contributed by atoms with van der Waals surface area (Å²) >= 11 is 0. The lowest BCUT2D eigenvalue weighted by Gasteiger charge is -2.02. The third kappa shape index (κ3) is 2.96. The summed E-state index contributed by atoms with van der Waals surface area (Å²) in [5.74, 6) is 0. The van der Waals surface area contributed by atoms with Gasteiger partial charge in [0.15, 0.2) is 0 Å². The molecule has 0 aliphatic carbocycles. The van der Waals surface area contributed by atoms with E-state index in [-0.39, 0.29) is 11.1 Å². The van der Waals surface area contributed by atoms with Crippen LogP contribution in [0.4, 0.5) is 12.7 Å². The maximum Gasteiger partial charge on any atom is 0.332 e. The van der Waals surface area contributed by atoms with Crippen LogP contribution in [0.2, 0.25) is 0 Å². The van der Waals surface area contributed by atoms with Crippen LogP contribution >= 0.6 is 0 Å². The van der Waals surface area contributed by atoms with Gasteiger partial charge in [0.05, 0.1) is 0 Å². The molecule has 0 heterocycles. The van der Waals surface area contributed by atoms with E-state index in [1.54, 1.807) is 0 Å². The fraction of sp³-hybridized carbons (Fsp3) is 0. The second kappa shape index (κ2) is 4.52. The molecule has 1 rings (SSSR count). The Kier molecular flexibility index (Phi) is 3.54. The second-order valence-corrected chi connectivity index (χ2v) is 4.19. The molecule has 2 nitrogen and oxygen atoms in total. The van der Waals surface area contributed by atoms with E-state index in [1.807, 2.05) is 0 Å². The van der Waals surface area contributed by atoms with Crippen LogP contribution in [0.3, 0.4) is 0 Å². The molecule has 0 atom stereocenters. The van der Waals surface area contributed by atoms with Gasteiger partial charge in [-0.15, -0.1) is 3.89 Å². The lowest BCUT2D eigenvalue weighted by molar-refractivity contribution is 0.429. The van der Waals surface area contributed by atoms with Gasteiger partial charge in [0.25, 0.3) is 6.08 Å². The van der Waals surface area contributed by atoms with Crippen LogP contribution in [0.25, 0.3) is 12.2 Å². The van der Waals surface area contributed by atoms with Crippen LogP contribution in [0.5, 0.6) is 0 Å². The third-order valence-corrected chi connectivity index (χ3v) is 2.69. The van der Waals surface area contributed by atoms with E-state index < -0.39 is 21.2 Å². The van der Waals surface area contributed by atoms with Crippen LogP contribution < -0.4 is 0 Å². The summed E-state index contributed by atoms with van der Waals surface area (Å²) in [5.41, 5.74) is 0.0137. The maximum absolute atomic E-state index is 12.7. The first-order chi connectivity index (χ1) is 7.34. The Morgan fingerprint density at radius 1 is 1.31 bits per heavy atom. The van der Waals surface area contributed by atoms with Crippen molar-refractivity contribution < 1.29 is 21.1 Å². The van der Waals surface area contributed by atoms with Gasteiger partial charge < -0.3 is 0 Å². The smallest absolute Gasteiger partial charge is 0.189 e. The molecule has 0 spiro atoms. The molecule has 86 valence electrons. The largest absolute Gasteiger partial charge is 0.332 e. The van der Waals surface area contributed by atoms with Crippen LogP contribution in [0.1, 0.15) is 11.1 Å². The first-order valence-corrected chi connectivity index (χ1v) is 5.47. The van der Waals surface area contributed by atoms with Crippen molar-refractivity contribution in [1.29, 1.82) is 0 Å². The molecule has 16 heavy (non-hydrogen) atoms. The minimum absolute atomic E-state index is 0.0579. The Morgan fingerprint density at radius 3 is 2.38 bits per heavy atom. The number of hydrogen-bond donors (Lipinski definition) is 0. The minimum atomic E-state index is -4.87. The zero-order valence-corrected chi connectivity index (χ0v) is 8.77. The Labute approximate surface area is 90.9 Å². The first kappa shape index (κ1) is 12.5. The Balaban J connectivity index is 3.39. The van der Waals surface area contributed by atoms with Crippen molar-refractivity contribution in [2.75, 3.05) is 0 Å². The fourth-order valence-electron chi connectivity index (χ4n) is 1.16. The second-order valence-electron chi connectivity index (χ2n) is 2.87. The van der Waals surface area contributed by atoms with Gasteiger partial charge in [-0.1, -0.05) is 18.7 Å². The molecular weight excluding hydrogens is 241 g/mol. The highest BCUT2D eigenvalue weighted by molar-refractivity contribution is 7.86. The molecule has 1 aromatic rings. The SMILES string of the molecule is C=Cc1cc(C=C(F)F)ccc1S(=O)(=O)F. The van der Waals surface area contributed by atoms with Crippen LogP contribution in [-0.4, -0.2) is 8.42 Å². The van der Waals surface area contributed by atoms with E-state index in [2.05, 4.69) is 6.58 Å². The van der Waals surface area contributed by atoms with Gasteiger partial charge in [0.1, 0.15) is 4.90 Å². The van der Waals surface area contributed by atoms with Gasteiger partial charge in [0.2, 0.25) is 0 Å². The van der Waals surface area contributed by atoms with Crippen LogP contribution in [0, 0.1) is 0 Å².